The van der Waals surface area contributed by atoms with E-state index in [2.05, 4.69) is 4.99 Å². The van der Waals surface area contributed by atoms with Crippen molar-refractivity contribution in [3.05, 3.63) is 62.7 Å². The van der Waals surface area contributed by atoms with Crippen molar-refractivity contribution < 1.29 is 10.0 Å². The number of nitro groups is 1. The first-order valence-corrected chi connectivity index (χ1v) is 6.13. The standard InChI is InChI=1S/C14H11ClN2O3/c1-9-12(15)3-2-4-13(9)16-8-10-7-11(17(19)20)5-6-14(10)18/h2-8,18H,1H3. The number of hydrogen-bond donors (Lipinski definition) is 1. The van der Waals surface area contributed by atoms with Gasteiger partial charge >= 0.3 is 0 Å². The molecule has 0 aliphatic heterocycles. The lowest BCUT2D eigenvalue weighted by Crippen LogP contribution is -1.90. The van der Waals surface area contributed by atoms with Gasteiger partial charge in [0.05, 0.1) is 10.6 Å². The average Bonchev–Trinajstić information content (AvgIpc) is 2.41. The van der Waals surface area contributed by atoms with Gasteiger partial charge in [-0.2, -0.15) is 0 Å². The van der Waals surface area contributed by atoms with Crippen LogP contribution in [0.3, 0.4) is 0 Å². The molecule has 0 saturated carbocycles. The van der Waals surface area contributed by atoms with Crippen LogP contribution in [-0.4, -0.2) is 16.2 Å². The van der Waals surface area contributed by atoms with Crippen LogP contribution in [0.1, 0.15) is 11.1 Å². The number of aromatic hydroxyl groups is 1. The summed E-state index contributed by atoms with van der Waals surface area (Å²) in [5.74, 6) is -0.0703. The monoisotopic (exact) mass is 290 g/mol. The van der Waals surface area contributed by atoms with Gasteiger partial charge in [-0.1, -0.05) is 17.7 Å². The van der Waals surface area contributed by atoms with Gasteiger partial charge in [0.15, 0.2) is 0 Å². The minimum absolute atomic E-state index is 0.0703. The summed E-state index contributed by atoms with van der Waals surface area (Å²) in [5, 5.41) is 21.0. The summed E-state index contributed by atoms with van der Waals surface area (Å²) in [6.07, 6.45) is 1.38. The van der Waals surface area contributed by atoms with Crippen molar-refractivity contribution in [3.63, 3.8) is 0 Å². The summed E-state index contributed by atoms with van der Waals surface area (Å²) in [7, 11) is 0. The van der Waals surface area contributed by atoms with Gasteiger partial charge in [0.25, 0.3) is 5.69 Å². The van der Waals surface area contributed by atoms with Crippen LogP contribution in [0.5, 0.6) is 5.75 Å². The van der Waals surface area contributed by atoms with Crippen molar-refractivity contribution in [1.82, 2.24) is 0 Å². The molecule has 0 atom stereocenters. The molecule has 1 N–H and O–H groups in total. The highest BCUT2D eigenvalue weighted by Gasteiger charge is 2.09. The molecule has 102 valence electrons. The third kappa shape index (κ3) is 2.95. The Morgan fingerprint density at radius 2 is 2.10 bits per heavy atom. The van der Waals surface area contributed by atoms with E-state index in [-0.39, 0.29) is 17.0 Å². The predicted octanol–water partition coefficient (Wildman–Crippen LogP) is 4.01. The number of phenols is 1. The number of rotatable bonds is 3. The van der Waals surface area contributed by atoms with Gasteiger partial charge < -0.3 is 5.11 Å². The lowest BCUT2D eigenvalue weighted by Gasteiger charge is -2.02. The van der Waals surface area contributed by atoms with E-state index in [1.807, 2.05) is 6.92 Å². The summed E-state index contributed by atoms with van der Waals surface area (Å²) in [6, 6.07) is 9.04. The molecule has 2 aromatic rings. The zero-order valence-electron chi connectivity index (χ0n) is 10.6. The van der Waals surface area contributed by atoms with E-state index in [1.165, 1.54) is 24.4 Å². The van der Waals surface area contributed by atoms with Gasteiger partial charge in [-0.15, -0.1) is 0 Å². The molecular weight excluding hydrogens is 280 g/mol. The highest BCUT2D eigenvalue weighted by molar-refractivity contribution is 6.31. The zero-order valence-corrected chi connectivity index (χ0v) is 11.3. The van der Waals surface area contributed by atoms with Gasteiger partial charge in [-0.25, -0.2) is 0 Å². The number of halogens is 1. The Labute approximate surface area is 120 Å². The molecule has 0 aliphatic carbocycles. The molecule has 2 rings (SSSR count). The van der Waals surface area contributed by atoms with Crippen LogP contribution in [0.4, 0.5) is 11.4 Å². The molecule has 0 heterocycles. The Morgan fingerprint density at radius 3 is 2.80 bits per heavy atom. The fourth-order valence-corrected chi connectivity index (χ4v) is 1.80. The predicted molar refractivity (Wildman–Crippen MR) is 78.2 cm³/mol. The number of nitro benzene ring substituents is 1. The third-order valence-electron chi connectivity index (χ3n) is 2.80. The highest BCUT2D eigenvalue weighted by atomic mass is 35.5. The molecule has 2 aromatic carbocycles. The van der Waals surface area contributed by atoms with Crippen molar-refractivity contribution in [1.29, 1.82) is 0 Å². The Hall–Kier alpha value is -2.40. The molecular formula is C14H11ClN2O3. The van der Waals surface area contributed by atoms with E-state index in [0.717, 1.165) is 5.56 Å². The van der Waals surface area contributed by atoms with Crippen LogP contribution < -0.4 is 0 Å². The lowest BCUT2D eigenvalue weighted by atomic mass is 10.2. The number of phenolic OH excluding ortho intramolecular Hbond substituents is 1. The van der Waals surface area contributed by atoms with E-state index >= 15 is 0 Å². The molecule has 0 aromatic heterocycles. The van der Waals surface area contributed by atoms with E-state index in [4.69, 9.17) is 11.6 Å². The second-order valence-electron chi connectivity index (χ2n) is 4.14. The fraction of sp³-hybridized carbons (Fsp3) is 0.0714. The zero-order chi connectivity index (χ0) is 14.7. The van der Waals surface area contributed by atoms with E-state index in [1.54, 1.807) is 18.2 Å². The quantitative estimate of drug-likeness (QED) is 0.527. The smallest absolute Gasteiger partial charge is 0.270 e. The van der Waals surface area contributed by atoms with Crippen molar-refractivity contribution >= 4 is 29.2 Å². The lowest BCUT2D eigenvalue weighted by molar-refractivity contribution is -0.384. The van der Waals surface area contributed by atoms with E-state index in [9.17, 15) is 15.2 Å². The molecule has 0 radical (unpaired) electrons. The maximum atomic E-state index is 10.7. The number of aliphatic imine (C=N–C) groups is 1. The van der Waals surface area contributed by atoms with Gasteiger partial charge in [0.1, 0.15) is 5.75 Å². The molecule has 0 unspecified atom stereocenters. The topological polar surface area (TPSA) is 75.7 Å². The molecule has 0 amide bonds. The Balaban J connectivity index is 2.38. The van der Waals surface area contributed by atoms with Crippen LogP contribution in [0, 0.1) is 17.0 Å². The Morgan fingerprint density at radius 1 is 1.35 bits per heavy atom. The van der Waals surface area contributed by atoms with Crippen molar-refractivity contribution in [2.24, 2.45) is 4.99 Å². The molecule has 6 heteroatoms. The van der Waals surface area contributed by atoms with Crippen LogP contribution in [0.25, 0.3) is 0 Å². The first-order chi connectivity index (χ1) is 9.49. The van der Waals surface area contributed by atoms with Crippen molar-refractivity contribution in [3.8, 4) is 5.75 Å². The summed E-state index contributed by atoms with van der Waals surface area (Å²) < 4.78 is 0. The minimum atomic E-state index is -0.526. The fourth-order valence-electron chi connectivity index (χ4n) is 1.63. The number of benzene rings is 2. The van der Waals surface area contributed by atoms with Gasteiger partial charge in [0, 0.05) is 28.9 Å². The summed E-state index contributed by atoms with van der Waals surface area (Å²) in [4.78, 5) is 14.4. The van der Waals surface area contributed by atoms with Crippen LogP contribution in [0.15, 0.2) is 41.4 Å². The van der Waals surface area contributed by atoms with Gasteiger partial charge in [-0.3, -0.25) is 15.1 Å². The molecule has 0 fully saturated rings. The number of nitrogens with zero attached hydrogens (tertiary/aromatic N) is 2. The van der Waals surface area contributed by atoms with E-state index in [0.29, 0.717) is 10.7 Å². The molecule has 5 nitrogen and oxygen atoms in total. The Bertz CT molecular complexity index is 699. The molecule has 20 heavy (non-hydrogen) atoms. The first-order valence-electron chi connectivity index (χ1n) is 5.75. The summed E-state index contributed by atoms with van der Waals surface area (Å²) in [6.45, 7) is 1.82. The molecule has 0 aliphatic rings. The average molecular weight is 291 g/mol. The third-order valence-corrected chi connectivity index (χ3v) is 3.21. The summed E-state index contributed by atoms with van der Waals surface area (Å²) >= 11 is 5.98. The van der Waals surface area contributed by atoms with Crippen LogP contribution in [0.2, 0.25) is 5.02 Å². The molecule has 0 spiro atoms. The molecule has 0 bridgehead atoms. The first kappa shape index (κ1) is 14.0. The second-order valence-corrected chi connectivity index (χ2v) is 4.55. The number of hydrogen-bond acceptors (Lipinski definition) is 4. The largest absolute Gasteiger partial charge is 0.507 e. The summed E-state index contributed by atoms with van der Waals surface area (Å²) in [5.41, 5.74) is 1.62. The van der Waals surface area contributed by atoms with Crippen molar-refractivity contribution in [2.75, 3.05) is 0 Å². The molecule has 0 saturated heterocycles. The second kappa shape index (κ2) is 5.71. The minimum Gasteiger partial charge on any atom is -0.507 e. The SMILES string of the molecule is Cc1c(Cl)cccc1N=Cc1cc([N+](=O)[O-])ccc1O. The number of non-ortho nitro benzene ring substituents is 1. The Kier molecular flexibility index (Phi) is 4.00. The van der Waals surface area contributed by atoms with Gasteiger partial charge in [-0.05, 0) is 30.7 Å². The van der Waals surface area contributed by atoms with Crippen molar-refractivity contribution in [2.45, 2.75) is 6.92 Å². The van der Waals surface area contributed by atoms with Gasteiger partial charge in [0.2, 0.25) is 0 Å². The highest BCUT2D eigenvalue weighted by Crippen LogP contribution is 2.26. The van der Waals surface area contributed by atoms with Crippen LogP contribution >= 0.6 is 11.6 Å². The maximum Gasteiger partial charge on any atom is 0.270 e. The van der Waals surface area contributed by atoms with E-state index < -0.39 is 4.92 Å². The van der Waals surface area contributed by atoms with Crippen LogP contribution in [-0.2, 0) is 0 Å². The normalized spacial score (nSPS) is 10.9. The maximum absolute atomic E-state index is 10.7.